The molecule has 0 heterocycles. The summed E-state index contributed by atoms with van der Waals surface area (Å²) < 4.78 is 11.9. The molecule has 0 spiro atoms. The van der Waals surface area contributed by atoms with Gasteiger partial charge in [0.15, 0.2) is 0 Å². The number of alkyl halides is 1. The molecular formula is C13H17FO2. The molecule has 1 aromatic carbocycles. The Hall–Kier alpha value is -1.38. The Bertz CT molecular complexity index is 319. The molecule has 1 aromatic rings. The van der Waals surface area contributed by atoms with Gasteiger partial charge in [-0.3, -0.25) is 9.18 Å². The zero-order chi connectivity index (χ0) is 11.8. The molecule has 0 amide bonds. The summed E-state index contributed by atoms with van der Waals surface area (Å²) in [5.74, 6) is -0.750. The van der Waals surface area contributed by atoms with Crippen LogP contribution < -0.4 is 0 Å². The Balaban J connectivity index is 2.36. The largest absolute Gasteiger partial charge is 0.481 e. The number of carboxylic acid groups (broad SMARTS) is 1. The molecule has 0 saturated heterocycles. The molecule has 0 aliphatic heterocycles. The van der Waals surface area contributed by atoms with Gasteiger partial charge >= 0.3 is 5.97 Å². The van der Waals surface area contributed by atoms with Gasteiger partial charge in [-0.25, -0.2) is 0 Å². The molecule has 0 aliphatic carbocycles. The van der Waals surface area contributed by atoms with Crippen LogP contribution in [0.4, 0.5) is 4.39 Å². The van der Waals surface area contributed by atoms with Gasteiger partial charge in [0.25, 0.3) is 0 Å². The number of aliphatic carboxylic acids is 1. The highest BCUT2D eigenvalue weighted by molar-refractivity contribution is 5.66. The van der Waals surface area contributed by atoms with Gasteiger partial charge in [0.1, 0.15) is 0 Å². The quantitative estimate of drug-likeness (QED) is 0.773. The zero-order valence-corrected chi connectivity index (χ0v) is 9.29. The Morgan fingerprint density at radius 3 is 2.00 bits per heavy atom. The van der Waals surface area contributed by atoms with Gasteiger partial charge in [-0.15, -0.1) is 0 Å². The lowest BCUT2D eigenvalue weighted by molar-refractivity contribution is -0.137. The number of benzene rings is 1. The van der Waals surface area contributed by atoms with Crippen molar-refractivity contribution in [2.45, 2.75) is 32.1 Å². The highest BCUT2D eigenvalue weighted by Gasteiger charge is 1.99. The summed E-state index contributed by atoms with van der Waals surface area (Å²) in [6, 6.07) is 7.97. The van der Waals surface area contributed by atoms with E-state index in [4.69, 9.17) is 5.11 Å². The van der Waals surface area contributed by atoms with Crippen molar-refractivity contribution in [3.05, 3.63) is 35.4 Å². The smallest absolute Gasteiger partial charge is 0.303 e. The lowest BCUT2D eigenvalue weighted by Gasteiger charge is -2.02. The van der Waals surface area contributed by atoms with E-state index in [1.807, 2.05) is 24.3 Å². The third-order valence-electron chi connectivity index (χ3n) is 2.48. The summed E-state index contributed by atoms with van der Waals surface area (Å²) in [5.41, 5.74) is 2.28. The minimum Gasteiger partial charge on any atom is -0.481 e. The minimum atomic E-state index is -0.750. The molecule has 1 rings (SSSR count). The molecule has 2 nitrogen and oxygen atoms in total. The molecule has 0 radical (unpaired) electrons. The van der Waals surface area contributed by atoms with Crippen LogP contribution in [0.1, 0.15) is 30.4 Å². The van der Waals surface area contributed by atoms with E-state index < -0.39 is 5.97 Å². The summed E-state index contributed by atoms with van der Waals surface area (Å²) in [7, 11) is 0. The fourth-order valence-corrected chi connectivity index (χ4v) is 1.59. The molecule has 16 heavy (non-hydrogen) atoms. The average molecular weight is 224 g/mol. The SMILES string of the molecule is O=C(O)CCCc1ccc(CCCF)cc1. The van der Waals surface area contributed by atoms with Gasteiger partial charge < -0.3 is 5.11 Å². The van der Waals surface area contributed by atoms with Crippen molar-refractivity contribution < 1.29 is 14.3 Å². The van der Waals surface area contributed by atoms with Crippen LogP contribution in [0.5, 0.6) is 0 Å². The molecule has 0 fully saturated rings. The molecule has 0 bridgehead atoms. The fraction of sp³-hybridized carbons (Fsp3) is 0.462. The second-order valence-corrected chi connectivity index (χ2v) is 3.86. The molecule has 0 unspecified atom stereocenters. The normalized spacial score (nSPS) is 10.3. The van der Waals surface area contributed by atoms with Gasteiger partial charge in [-0.1, -0.05) is 24.3 Å². The van der Waals surface area contributed by atoms with Crippen molar-refractivity contribution in [2.75, 3.05) is 6.67 Å². The van der Waals surface area contributed by atoms with Gasteiger partial charge in [-0.05, 0) is 36.8 Å². The van der Waals surface area contributed by atoms with E-state index in [0.717, 1.165) is 24.0 Å². The van der Waals surface area contributed by atoms with Crippen molar-refractivity contribution in [1.29, 1.82) is 0 Å². The molecule has 0 aliphatic rings. The fourth-order valence-electron chi connectivity index (χ4n) is 1.59. The van der Waals surface area contributed by atoms with Crippen molar-refractivity contribution >= 4 is 5.97 Å². The van der Waals surface area contributed by atoms with E-state index >= 15 is 0 Å². The number of halogens is 1. The Morgan fingerprint density at radius 1 is 1.06 bits per heavy atom. The van der Waals surface area contributed by atoms with Gasteiger partial charge in [0.2, 0.25) is 0 Å². The summed E-state index contributed by atoms with van der Waals surface area (Å²) in [6.45, 7) is -0.277. The van der Waals surface area contributed by atoms with Crippen LogP contribution in [0.15, 0.2) is 24.3 Å². The standard InChI is InChI=1S/C13H17FO2/c14-10-2-4-12-8-6-11(7-9-12)3-1-5-13(15)16/h6-9H,1-5,10H2,(H,15,16). The summed E-state index contributed by atoms with van der Waals surface area (Å²) >= 11 is 0. The Labute approximate surface area is 95.1 Å². The molecule has 0 aromatic heterocycles. The van der Waals surface area contributed by atoms with Crippen molar-refractivity contribution in [1.82, 2.24) is 0 Å². The van der Waals surface area contributed by atoms with Crippen molar-refractivity contribution in [2.24, 2.45) is 0 Å². The number of hydrogen-bond acceptors (Lipinski definition) is 1. The number of carboxylic acids is 1. The first kappa shape index (κ1) is 12.7. The lowest BCUT2D eigenvalue weighted by atomic mass is 10.0. The van der Waals surface area contributed by atoms with Crippen LogP contribution in [-0.4, -0.2) is 17.8 Å². The lowest BCUT2D eigenvalue weighted by Crippen LogP contribution is -1.96. The van der Waals surface area contributed by atoms with E-state index in [-0.39, 0.29) is 13.1 Å². The second-order valence-electron chi connectivity index (χ2n) is 3.86. The maximum absolute atomic E-state index is 11.9. The number of rotatable bonds is 7. The molecule has 88 valence electrons. The minimum absolute atomic E-state index is 0.212. The van der Waals surface area contributed by atoms with Crippen LogP contribution in [0.3, 0.4) is 0 Å². The molecule has 0 atom stereocenters. The van der Waals surface area contributed by atoms with Crippen molar-refractivity contribution in [3.63, 3.8) is 0 Å². The second kappa shape index (κ2) is 6.99. The zero-order valence-electron chi connectivity index (χ0n) is 9.29. The predicted octanol–water partition coefficient (Wildman–Crippen LogP) is 3.00. The molecule has 0 saturated carbocycles. The highest BCUT2D eigenvalue weighted by atomic mass is 19.1. The topological polar surface area (TPSA) is 37.3 Å². The third-order valence-corrected chi connectivity index (χ3v) is 2.48. The van der Waals surface area contributed by atoms with Crippen LogP contribution in [0, 0.1) is 0 Å². The third kappa shape index (κ3) is 4.91. The van der Waals surface area contributed by atoms with Crippen LogP contribution in [0.2, 0.25) is 0 Å². The van der Waals surface area contributed by atoms with Crippen LogP contribution in [0.25, 0.3) is 0 Å². The predicted molar refractivity (Wildman–Crippen MR) is 61.3 cm³/mol. The van der Waals surface area contributed by atoms with E-state index in [2.05, 4.69) is 0 Å². The van der Waals surface area contributed by atoms with Gasteiger partial charge in [-0.2, -0.15) is 0 Å². The molecule has 1 N–H and O–H groups in total. The summed E-state index contributed by atoms with van der Waals surface area (Å²) in [6.07, 6.45) is 3.00. The number of carbonyl (C=O) groups is 1. The monoisotopic (exact) mass is 224 g/mol. The first-order valence-electron chi connectivity index (χ1n) is 5.58. The van der Waals surface area contributed by atoms with E-state index in [0.29, 0.717) is 12.8 Å². The first-order chi connectivity index (χ1) is 7.72. The van der Waals surface area contributed by atoms with E-state index in [1.165, 1.54) is 0 Å². The van der Waals surface area contributed by atoms with Crippen LogP contribution in [-0.2, 0) is 17.6 Å². The number of hydrogen-bond donors (Lipinski definition) is 1. The average Bonchev–Trinajstić information content (AvgIpc) is 2.27. The van der Waals surface area contributed by atoms with Gasteiger partial charge in [0.05, 0.1) is 6.67 Å². The van der Waals surface area contributed by atoms with Crippen LogP contribution >= 0.6 is 0 Å². The van der Waals surface area contributed by atoms with E-state index in [9.17, 15) is 9.18 Å². The van der Waals surface area contributed by atoms with E-state index in [1.54, 1.807) is 0 Å². The Kier molecular flexibility index (Phi) is 5.54. The Morgan fingerprint density at radius 2 is 1.56 bits per heavy atom. The maximum atomic E-state index is 11.9. The molecular weight excluding hydrogens is 207 g/mol. The highest BCUT2D eigenvalue weighted by Crippen LogP contribution is 2.09. The summed E-state index contributed by atoms with van der Waals surface area (Å²) in [5, 5.41) is 8.50. The van der Waals surface area contributed by atoms with Gasteiger partial charge in [0, 0.05) is 6.42 Å². The number of aryl methyl sites for hydroxylation is 2. The maximum Gasteiger partial charge on any atom is 0.303 e. The van der Waals surface area contributed by atoms with Crippen molar-refractivity contribution in [3.8, 4) is 0 Å². The first-order valence-corrected chi connectivity index (χ1v) is 5.58. The summed E-state index contributed by atoms with van der Waals surface area (Å²) in [4.78, 5) is 10.3. The molecule has 3 heteroatoms.